The summed E-state index contributed by atoms with van der Waals surface area (Å²) in [7, 11) is 0. The topological polar surface area (TPSA) is 30.0 Å². The fourth-order valence-electron chi connectivity index (χ4n) is 0.787. The van der Waals surface area contributed by atoms with E-state index in [4.69, 9.17) is 0 Å². The molecule has 0 bridgehead atoms. The second kappa shape index (κ2) is 5.50. The molecule has 1 heterocycles. The van der Waals surface area contributed by atoms with E-state index in [1.807, 2.05) is 0 Å². The van der Waals surface area contributed by atoms with Gasteiger partial charge in [0, 0.05) is 11.8 Å². The van der Waals surface area contributed by atoms with E-state index in [9.17, 15) is 4.79 Å². The summed E-state index contributed by atoms with van der Waals surface area (Å²) in [6.45, 7) is 0. The van der Waals surface area contributed by atoms with E-state index in [-0.39, 0.29) is 0 Å². The average molecular weight is 238 g/mol. The molecule has 0 fully saturated rings. The third-order valence-electron chi connectivity index (χ3n) is 1.33. The lowest BCUT2D eigenvalue weighted by Crippen LogP contribution is -1.88. The maximum absolute atomic E-state index is 10.4. The summed E-state index contributed by atoms with van der Waals surface area (Å²) < 4.78 is 0. The van der Waals surface area contributed by atoms with Crippen LogP contribution in [-0.2, 0) is 0 Å². The van der Waals surface area contributed by atoms with Crippen molar-refractivity contribution in [2.45, 2.75) is 6.42 Å². The molecule has 0 saturated carbocycles. The van der Waals surface area contributed by atoms with Crippen LogP contribution in [0.2, 0.25) is 0 Å². The zero-order valence-electron chi connectivity index (χ0n) is 6.96. The first-order valence-electron chi connectivity index (χ1n) is 3.84. The zero-order valence-corrected chi connectivity index (χ0v) is 8.54. The molecule has 2 nitrogen and oxygen atoms in total. The Labute approximate surface area is 85.5 Å². The van der Waals surface area contributed by atoms with Crippen molar-refractivity contribution in [3.63, 3.8) is 0 Å². The summed E-state index contributed by atoms with van der Waals surface area (Å²) >= 11 is 3.27. The maximum atomic E-state index is 10.4. The van der Waals surface area contributed by atoms with Crippen molar-refractivity contribution in [1.82, 2.24) is 4.98 Å². The Bertz CT molecular complexity index is 351. The molecule has 0 N–H and O–H groups in total. The number of carbonyl (C=O) groups excluding carboxylic acids is 1. The van der Waals surface area contributed by atoms with Crippen LogP contribution in [0.15, 0.2) is 18.2 Å². The summed E-state index contributed by atoms with van der Waals surface area (Å²) in [5.41, 5.74) is 1.07. The second-order valence-corrected chi connectivity index (χ2v) is 3.10. The number of carbonyl (C=O) groups is 1. The molecule has 0 atom stereocenters. The predicted octanol–water partition coefficient (Wildman–Crippen LogP) is 2.03. The molecule has 13 heavy (non-hydrogen) atoms. The molecule has 0 aromatic carbocycles. The molecule has 0 aliphatic rings. The van der Waals surface area contributed by atoms with E-state index in [0.717, 1.165) is 18.0 Å². The van der Waals surface area contributed by atoms with E-state index in [1.165, 1.54) is 0 Å². The van der Waals surface area contributed by atoms with Gasteiger partial charge in [0.1, 0.15) is 11.4 Å². The molecule has 1 rings (SSSR count). The number of aldehydes is 1. The standard InChI is InChI=1S/C10H8BrNO/c11-7-2-1-4-9-5-3-6-10(8-13)12-9/h3,5-6,8H,2,7H2. The molecule has 66 valence electrons. The Morgan fingerprint density at radius 3 is 3.08 bits per heavy atom. The van der Waals surface area contributed by atoms with E-state index in [1.54, 1.807) is 18.2 Å². The molecule has 0 aliphatic carbocycles. The third-order valence-corrected chi connectivity index (χ3v) is 1.72. The third kappa shape index (κ3) is 3.39. The van der Waals surface area contributed by atoms with Gasteiger partial charge < -0.3 is 0 Å². The number of rotatable bonds is 2. The molecular formula is C10H8BrNO. The van der Waals surface area contributed by atoms with E-state index >= 15 is 0 Å². The second-order valence-electron chi connectivity index (χ2n) is 2.31. The first-order chi connectivity index (χ1) is 6.36. The van der Waals surface area contributed by atoms with Gasteiger partial charge in [-0.3, -0.25) is 4.79 Å². The van der Waals surface area contributed by atoms with Gasteiger partial charge in [0.15, 0.2) is 6.29 Å². The highest BCUT2D eigenvalue weighted by Gasteiger charge is 1.91. The molecule has 3 heteroatoms. The molecular weight excluding hydrogens is 230 g/mol. The Morgan fingerprint density at radius 1 is 1.54 bits per heavy atom. The van der Waals surface area contributed by atoms with Gasteiger partial charge in [-0.1, -0.05) is 27.9 Å². The summed E-state index contributed by atoms with van der Waals surface area (Å²) in [4.78, 5) is 14.4. The van der Waals surface area contributed by atoms with Gasteiger partial charge in [0.2, 0.25) is 0 Å². The van der Waals surface area contributed by atoms with Crippen LogP contribution in [0.25, 0.3) is 0 Å². The SMILES string of the molecule is O=Cc1cccc(C#CCCBr)n1. The molecule has 0 aliphatic heterocycles. The van der Waals surface area contributed by atoms with Gasteiger partial charge >= 0.3 is 0 Å². The maximum Gasteiger partial charge on any atom is 0.168 e. The van der Waals surface area contributed by atoms with Crippen LogP contribution in [0.5, 0.6) is 0 Å². The molecule has 1 aromatic heterocycles. The van der Waals surface area contributed by atoms with E-state index in [2.05, 4.69) is 32.8 Å². The number of aromatic nitrogens is 1. The summed E-state index contributed by atoms with van der Waals surface area (Å²) in [5.74, 6) is 5.80. The molecule has 0 radical (unpaired) electrons. The predicted molar refractivity (Wildman–Crippen MR) is 54.9 cm³/mol. The number of alkyl halides is 1. The van der Waals surface area contributed by atoms with Crippen molar-refractivity contribution in [3.05, 3.63) is 29.6 Å². The van der Waals surface area contributed by atoms with Gasteiger partial charge in [0.25, 0.3) is 0 Å². The average Bonchev–Trinajstić information content (AvgIpc) is 2.19. The summed E-state index contributed by atoms with van der Waals surface area (Å²) in [6.07, 6.45) is 1.50. The molecule has 1 aromatic rings. The molecule has 0 amide bonds. The summed E-state index contributed by atoms with van der Waals surface area (Å²) in [6, 6.07) is 5.21. The van der Waals surface area contributed by atoms with Crippen LogP contribution in [-0.4, -0.2) is 16.6 Å². The largest absolute Gasteiger partial charge is 0.296 e. The smallest absolute Gasteiger partial charge is 0.168 e. The van der Waals surface area contributed by atoms with Gasteiger partial charge in [0.05, 0.1) is 0 Å². The van der Waals surface area contributed by atoms with Crippen LogP contribution >= 0.6 is 15.9 Å². The van der Waals surface area contributed by atoms with Crippen LogP contribution in [0.4, 0.5) is 0 Å². The highest BCUT2D eigenvalue weighted by atomic mass is 79.9. The Hall–Kier alpha value is -1.14. The van der Waals surface area contributed by atoms with Gasteiger partial charge in [-0.25, -0.2) is 4.98 Å². The van der Waals surface area contributed by atoms with Crippen LogP contribution in [0, 0.1) is 11.8 Å². The first-order valence-corrected chi connectivity index (χ1v) is 4.96. The highest BCUT2D eigenvalue weighted by Crippen LogP contribution is 1.95. The van der Waals surface area contributed by atoms with Crippen LogP contribution in [0.1, 0.15) is 22.6 Å². The van der Waals surface area contributed by atoms with Crippen LogP contribution < -0.4 is 0 Å². The van der Waals surface area contributed by atoms with Crippen molar-refractivity contribution in [1.29, 1.82) is 0 Å². The number of hydrogen-bond acceptors (Lipinski definition) is 2. The normalized spacial score (nSPS) is 8.69. The zero-order chi connectivity index (χ0) is 9.52. The number of hydrogen-bond donors (Lipinski definition) is 0. The number of nitrogens with zero attached hydrogens (tertiary/aromatic N) is 1. The minimum absolute atomic E-state index is 0.422. The van der Waals surface area contributed by atoms with Gasteiger partial charge in [-0.2, -0.15) is 0 Å². The molecule has 0 unspecified atom stereocenters. The Kier molecular flexibility index (Phi) is 4.20. The van der Waals surface area contributed by atoms with Crippen molar-refractivity contribution in [2.24, 2.45) is 0 Å². The quantitative estimate of drug-likeness (QED) is 0.448. The van der Waals surface area contributed by atoms with Gasteiger partial charge in [-0.05, 0) is 18.1 Å². The fourth-order valence-corrected chi connectivity index (χ4v) is 0.985. The highest BCUT2D eigenvalue weighted by molar-refractivity contribution is 9.09. The monoisotopic (exact) mass is 237 g/mol. The minimum atomic E-state index is 0.422. The lowest BCUT2D eigenvalue weighted by Gasteiger charge is -1.90. The fraction of sp³-hybridized carbons (Fsp3) is 0.200. The van der Waals surface area contributed by atoms with Crippen molar-refractivity contribution < 1.29 is 4.79 Å². The van der Waals surface area contributed by atoms with Crippen LogP contribution in [0.3, 0.4) is 0 Å². The summed E-state index contributed by atoms with van der Waals surface area (Å²) in [5, 5.41) is 0.855. The molecule has 0 spiro atoms. The van der Waals surface area contributed by atoms with Crippen molar-refractivity contribution >= 4 is 22.2 Å². The number of halogens is 1. The van der Waals surface area contributed by atoms with Crippen molar-refractivity contribution in [3.8, 4) is 11.8 Å². The number of pyridine rings is 1. The van der Waals surface area contributed by atoms with E-state index in [0.29, 0.717) is 11.4 Å². The Morgan fingerprint density at radius 2 is 2.38 bits per heavy atom. The van der Waals surface area contributed by atoms with Gasteiger partial charge in [-0.15, -0.1) is 0 Å². The van der Waals surface area contributed by atoms with E-state index < -0.39 is 0 Å². The first kappa shape index (κ1) is 9.94. The molecule has 0 saturated heterocycles. The van der Waals surface area contributed by atoms with Crippen molar-refractivity contribution in [2.75, 3.05) is 5.33 Å². The minimum Gasteiger partial charge on any atom is -0.296 e. The lowest BCUT2D eigenvalue weighted by atomic mass is 10.3. The Balaban J connectivity index is 2.79. The lowest BCUT2D eigenvalue weighted by molar-refractivity contribution is 0.111.